The number of fused-ring (bicyclic) bond motifs is 2. The fourth-order valence-corrected chi connectivity index (χ4v) is 3.98. The number of aromatic nitrogens is 1. The van der Waals surface area contributed by atoms with Gasteiger partial charge in [0.15, 0.2) is 5.11 Å². The van der Waals surface area contributed by atoms with E-state index in [4.69, 9.17) is 12.2 Å². The fourth-order valence-electron chi connectivity index (χ4n) is 3.83. The van der Waals surface area contributed by atoms with Crippen LogP contribution < -0.4 is 5.32 Å². The van der Waals surface area contributed by atoms with Gasteiger partial charge < -0.3 is 15.2 Å². The number of nitrogens with zero attached hydrogens (tertiary/aromatic N) is 2. The van der Waals surface area contributed by atoms with Crippen LogP contribution in [0.4, 0.5) is 0 Å². The summed E-state index contributed by atoms with van der Waals surface area (Å²) < 4.78 is 0. The predicted molar refractivity (Wildman–Crippen MR) is 99.6 cm³/mol. The number of H-pyrrole nitrogens is 1. The number of hydrogen-bond donors (Lipinski definition) is 2. The van der Waals surface area contributed by atoms with Crippen molar-refractivity contribution in [3.05, 3.63) is 41.6 Å². The third-order valence-electron chi connectivity index (χ3n) is 4.98. The van der Waals surface area contributed by atoms with Crippen LogP contribution in [0.2, 0.25) is 0 Å². The molecule has 1 aliphatic carbocycles. The van der Waals surface area contributed by atoms with E-state index in [0.29, 0.717) is 6.04 Å². The second kappa shape index (κ2) is 5.35. The highest BCUT2D eigenvalue weighted by Crippen LogP contribution is 2.39. The molecule has 4 nitrogen and oxygen atoms in total. The molecule has 23 heavy (non-hydrogen) atoms. The zero-order valence-corrected chi connectivity index (χ0v) is 14.6. The van der Waals surface area contributed by atoms with E-state index < -0.39 is 0 Å². The monoisotopic (exact) mass is 326 g/mol. The Balaban J connectivity index is 1.77. The topological polar surface area (TPSA) is 34.3 Å². The number of hydrogen-bond acceptors (Lipinski definition) is 2. The number of aromatic amines is 1. The lowest BCUT2D eigenvalue weighted by Crippen LogP contribution is -2.51. The molecule has 2 aliphatic rings. The van der Waals surface area contributed by atoms with Gasteiger partial charge in [0, 0.05) is 43.8 Å². The molecule has 4 rings (SSSR count). The van der Waals surface area contributed by atoms with Crippen LogP contribution in [0.5, 0.6) is 0 Å². The maximum absolute atomic E-state index is 5.42. The smallest absolute Gasteiger partial charge is 0.168 e. The minimum atomic E-state index is 0.247. The summed E-state index contributed by atoms with van der Waals surface area (Å²) in [5, 5.41) is 5.64. The first kappa shape index (κ1) is 14.7. The molecule has 2 N–H and O–H groups in total. The Kier molecular flexibility index (Phi) is 3.43. The molecule has 0 saturated carbocycles. The molecule has 120 valence electrons. The van der Waals surface area contributed by atoms with Crippen LogP contribution in [-0.4, -0.2) is 59.7 Å². The lowest BCUT2D eigenvalue weighted by Gasteiger charge is -2.40. The van der Waals surface area contributed by atoms with Crippen molar-refractivity contribution in [3.8, 4) is 0 Å². The van der Waals surface area contributed by atoms with Gasteiger partial charge in [-0.2, -0.15) is 0 Å². The van der Waals surface area contributed by atoms with E-state index in [0.717, 1.165) is 18.1 Å². The highest BCUT2D eigenvalue weighted by molar-refractivity contribution is 7.80. The highest BCUT2D eigenvalue weighted by atomic mass is 32.1. The number of nitrogens with one attached hydrogen (secondary N) is 2. The first-order valence-electron chi connectivity index (χ1n) is 8.03. The number of benzene rings is 1. The van der Waals surface area contributed by atoms with E-state index in [2.05, 4.69) is 52.7 Å². The molecule has 0 amide bonds. The van der Waals surface area contributed by atoms with Crippen LogP contribution >= 0.6 is 12.2 Å². The van der Waals surface area contributed by atoms with E-state index in [1.165, 1.54) is 27.6 Å². The second-order valence-corrected chi connectivity index (χ2v) is 7.16. The lowest BCUT2D eigenvalue weighted by atomic mass is 9.81. The zero-order valence-electron chi connectivity index (χ0n) is 13.8. The maximum Gasteiger partial charge on any atom is 0.168 e. The summed E-state index contributed by atoms with van der Waals surface area (Å²) in [5.41, 5.74) is 5.46. The summed E-state index contributed by atoms with van der Waals surface area (Å²) in [6.45, 7) is 0.970. The number of likely N-dealkylation sites (N-methyl/N-ethyl adjacent to an activating group) is 1. The molecule has 0 bridgehead atoms. The van der Waals surface area contributed by atoms with Crippen molar-refractivity contribution in [1.29, 1.82) is 0 Å². The Morgan fingerprint density at radius 3 is 3.00 bits per heavy atom. The molecule has 2 heterocycles. The van der Waals surface area contributed by atoms with Gasteiger partial charge in [-0.1, -0.05) is 18.2 Å². The third-order valence-corrected chi connectivity index (χ3v) is 5.47. The van der Waals surface area contributed by atoms with Gasteiger partial charge in [-0.05, 0) is 48.5 Å². The summed E-state index contributed by atoms with van der Waals surface area (Å²) in [5.74, 6) is 0. The first-order chi connectivity index (χ1) is 11.0. The van der Waals surface area contributed by atoms with Gasteiger partial charge in [-0.3, -0.25) is 4.90 Å². The minimum Gasteiger partial charge on any atom is -0.361 e. The van der Waals surface area contributed by atoms with Crippen molar-refractivity contribution < 1.29 is 0 Å². The molecule has 1 aliphatic heterocycles. The van der Waals surface area contributed by atoms with Crippen LogP contribution in [0.1, 0.15) is 11.1 Å². The summed E-state index contributed by atoms with van der Waals surface area (Å²) in [7, 11) is 6.17. The van der Waals surface area contributed by atoms with Crippen molar-refractivity contribution in [2.24, 2.45) is 0 Å². The fraction of sp³-hybridized carbons (Fsp3) is 0.389. The van der Waals surface area contributed by atoms with Crippen LogP contribution in [-0.2, 0) is 6.42 Å². The Labute approximate surface area is 142 Å². The van der Waals surface area contributed by atoms with Gasteiger partial charge in [0.1, 0.15) is 0 Å². The van der Waals surface area contributed by atoms with Crippen molar-refractivity contribution in [2.75, 3.05) is 27.7 Å². The molecule has 0 spiro atoms. The first-order valence-corrected chi connectivity index (χ1v) is 8.44. The van der Waals surface area contributed by atoms with Gasteiger partial charge in [0.05, 0.1) is 6.04 Å². The van der Waals surface area contributed by atoms with Crippen molar-refractivity contribution in [3.63, 3.8) is 0 Å². The quantitative estimate of drug-likeness (QED) is 0.788. The summed E-state index contributed by atoms with van der Waals surface area (Å²) >= 11 is 5.42. The van der Waals surface area contributed by atoms with Gasteiger partial charge in [0.2, 0.25) is 0 Å². The van der Waals surface area contributed by atoms with Gasteiger partial charge in [0.25, 0.3) is 0 Å². The van der Waals surface area contributed by atoms with Crippen LogP contribution in [0.25, 0.3) is 16.5 Å². The van der Waals surface area contributed by atoms with E-state index in [-0.39, 0.29) is 6.04 Å². The number of rotatable bonds is 1. The van der Waals surface area contributed by atoms with E-state index in [1.807, 2.05) is 19.0 Å². The average Bonchev–Trinajstić information content (AvgIpc) is 2.93. The normalized spacial score (nSPS) is 23.3. The van der Waals surface area contributed by atoms with E-state index in [9.17, 15) is 0 Å². The molecule has 1 aromatic carbocycles. The molecule has 0 saturated heterocycles. The molecule has 2 aromatic rings. The molecular formula is C18H22N4S. The second-order valence-electron chi connectivity index (χ2n) is 6.77. The Hall–Kier alpha value is -1.85. The maximum atomic E-state index is 5.42. The van der Waals surface area contributed by atoms with Gasteiger partial charge >= 0.3 is 0 Å². The molecule has 2 atom stereocenters. The van der Waals surface area contributed by atoms with Crippen LogP contribution in [0.15, 0.2) is 30.5 Å². The minimum absolute atomic E-state index is 0.247. The molecule has 1 aromatic heterocycles. The standard InChI is InChI=1S/C18H22N4S/c1-21(2)18(23)20-12-8-14-13-5-4-6-15-17(13)11(9-19-15)7-16(14)22(3)10-12/h4-6,8-9,12,16,19H,7,10H2,1-3H3,(H,20,23)/t12-,16-/m1/s1. The largest absolute Gasteiger partial charge is 0.361 e. The van der Waals surface area contributed by atoms with Gasteiger partial charge in [-0.15, -0.1) is 0 Å². The molecule has 0 unspecified atom stereocenters. The third kappa shape index (κ3) is 2.35. The van der Waals surface area contributed by atoms with Crippen molar-refractivity contribution in [2.45, 2.75) is 18.5 Å². The van der Waals surface area contributed by atoms with Crippen LogP contribution in [0.3, 0.4) is 0 Å². The summed E-state index contributed by atoms with van der Waals surface area (Å²) in [4.78, 5) is 7.81. The summed E-state index contributed by atoms with van der Waals surface area (Å²) in [6.07, 6.45) is 5.62. The predicted octanol–water partition coefficient (Wildman–Crippen LogP) is 2.23. The lowest BCUT2D eigenvalue weighted by molar-refractivity contribution is 0.261. The SMILES string of the molecule is CN(C)C(=S)N[C@@H]1C=C2c3cccc4[nH]cc(c34)C[C@H]2N(C)C1. The average molecular weight is 326 g/mol. The number of thiocarbonyl (C=S) groups is 1. The Morgan fingerprint density at radius 1 is 1.39 bits per heavy atom. The molecule has 0 fully saturated rings. The molecule has 5 heteroatoms. The Bertz CT molecular complexity index is 804. The molecular weight excluding hydrogens is 304 g/mol. The van der Waals surface area contributed by atoms with Crippen LogP contribution in [0, 0.1) is 0 Å². The van der Waals surface area contributed by atoms with Gasteiger partial charge in [-0.25, -0.2) is 0 Å². The van der Waals surface area contributed by atoms with Crippen molar-refractivity contribution >= 4 is 33.8 Å². The molecule has 0 radical (unpaired) electrons. The zero-order chi connectivity index (χ0) is 16.1. The highest BCUT2D eigenvalue weighted by Gasteiger charge is 2.33. The van der Waals surface area contributed by atoms with E-state index in [1.54, 1.807) is 0 Å². The van der Waals surface area contributed by atoms with E-state index >= 15 is 0 Å². The summed E-state index contributed by atoms with van der Waals surface area (Å²) in [6, 6.07) is 7.25. The Morgan fingerprint density at radius 2 is 2.22 bits per heavy atom. The van der Waals surface area contributed by atoms with Crippen molar-refractivity contribution in [1.82, 2.24) is 20.1 Å².